The predicted molar refractivity (Wildman–Crippen MR) is 67.0 cm³/mol. The van der Waals surface area contributed by atoms with Gasteiger partial charge in [0.2, 0.25) is 0 Å². The molecule has 0 rings (SSSR count). The molecule has 0 radical (unpaired) electrons. The largest absolute Gasteiger partial charge is 0.466 e. The van der Waals surface area contributed by atoms with Gasteiger partial charge in [0.1, 0.15) is 0 Å². The number of hydrogen-bond donors (Lipinski definition) is 0. The topological polar surface area (TPSA) is 26.3 Å². The zero-order chi connectivity index (χ0) is 12.1. The Balaban J connectivity index is 2.97. The first kappa shape index (κ1) is 15.0. The first-order valence-corrected chi connectivity index (χ1v) is 6.30. The maximum Gasteiger partial charge on any atom is 0.302 e. The van der Waals surface area contributed by atoms with E-state index in [9.17, 15) is 4.79 Å². The fourth-order valence-electron chi connectivity index (χ4n) is 1.54. The van der Waals surface area contributed by atoms with E-state index < -0.39 is 0 Å². The van der Waals surface area contributed by atoms with Crippen LogP contribution in [0, 0.1) is 11.8 Å². The molecule has 0 aliphatic rings. The van der Waals surface area contributed by atoms with Gasteiger partial charge >= 0.3 is 5.97 Å². The molecule has 0 unspecified atom stereocenters. The summed E-state index contributed by atoms with van der Waals surface area (Å²) in [6.07, 6.45) is 9.58. The summed E-state index contributed by atoms with van der Waals surface area (Å²) >= 11 is 0. The van der Waals surface area contributed by atoms with Crippen molar-refractivity contribution in [2.75, 3.05) is 6.61 Å². The lowest BCUT2D eigenvalue weighted by molar-refractivity contribution is -0.141. The molecule has 0 fully saturated rings. The minimum Gasteiger partial charge on any atom is -0.466 e. The van der Waals surface area contributed by atoms with Crippen molar-refractivity contribution in [3.05, 3.63) is 0 Å². The summed E-state index contributed by atoms with van der Waals surface area (Å²) in [6.45, 7) is 3.93. The van der Waals surface area contributed by atoms with Crippen molar-refractivity contribution in [3.63, 3.8) is 0 Å². The van der Waals surface area contributed by atoms with Crippen molar-refractivity contribution in [2.24, 2.45) is 0 Å². The molecule has 0 N–H and O–H groups in total. The number of carbonyl (C=O) groups excluding carboxylic acids is 1. The first-order valence-electron chi connectivity index (χ1n) is 6.30. The molecule has 0 bridgehead atoms. The molecule has 2 nitrogen and oxygen atoms in total. The van der Waals surface area contributed by atoms with Crippen LogP contribution in [0.5, 0.6) is 0 Å². The molecular weight excluding hydrogens is 200 g/mol. The van der Waals surface area contributed by atoms with Crippen molar-refractivity contribution >= 4 is 5.97 Å². The lowest BCUT2D eigenvalue weighted by Crippen LogP contribution is -1.99. The van der Waals surface area contributed by atoms with Gasteiger partial charge in [0, 0.05) is 13.3 Å². The highest BCUT2D eigenvalue weighted by atomic mass is 16.5. The van der Waals surface area contributed by atoms with Gasteiger partial charge in [-0.15, -0.1) is 11.8 Å². The molecule has 16 heavy (non-hydrogen) atoms. The lowest BCUT2D eigenvalue weighted by atomic mass is 10.1. The summed E-state index contributed by atoms with van der Waals surface area (Å²) in [5, 5.41) is 0. The van der Waals surface area contributed by atoms with Crippen LogP contribution in [0.2, 0.25) is 0 Å². The highest BCUT2D eigenvalue weighted by molar-refractivity contribution is 5.65. The Bertz CT molecular complexity index is 223. The number of ether oxygens (including phenoxy) is 1. The monoisotopic (exact) mass is 224 g/mol. The second-order valence-corrected chi connectivity index (χ2v) is 3.99. The normalized spacial score (nSPS) is 9.38. The maximum absolute atomic E-state index is 10.5. The second kappa shape index (κ2) is 12.1. The lowest BCUT2D eigenvalue weighted by Gasteiger charge is -2.02. The summed E-state index contributed by atoms with van der Waals surface area (Å²) in [5.41, 5.74) is 0. The Morgan fingerprint density at radius 3 is 2.12 bits per heavy atom. The van der Waals surface area contributed by atoms with Crippen LogP contribution in [0.3, 0.4) is 0 Å². The molecule has 0 aromatic rings. The minimum atomic E-state index is -0.169. The number of unbranched alkanes of at least 4 members (excludes halogenated alkanes) is 7. The number of esters is 1. The molecular formula is C14H24O2. The van der Waals surface area contributed by atoms with Crippen LogP contribution >= 0.6 is 0 Å². The highest BCUT2D eigenvalue weighted by Gasteiger charge is 1.94. The molecule has 0 saturated heterocycles. The Morgan fingerprint density at radius 1 is 1.00 bits per heavy atom. The van der Waals surface area contributed by atoms with E-state index in [1.165, 1.54) is 45.4 Å². The summed E-state index contributed by atoms with van der Waals surface area (Å²) < 4.78 is 4.86. The van der Waals surface area contributed by atoms with Gasteiger partial charge < -0.3 is 4.74 Å². The zero-order valence-corrected chi connectivity index (χ0v) is 10.7. The van der Waals surface area contributed by atoms with Crippen LogP contribution in [0.1, 0.15) is 65.2 Å². The Hall–Kier alpha value is -0.970. The van der Waals surface area contributed by atoms with Crippen molar-refractivity contribution < 1.29 is 9.53 Å². The van der Waals surface area contributed by atoms with Crippen molar-refractivity contribution in [3.8, 4) is 11.8 Å². The Kier molecular flexibility index (Phi) is 11.4. The third-order valence-corrected chi connectivity index (χ3v) is 2.43. The fraction of sp³-hybridized carbons (Fsp3) is 0.786. The van der Waals surface area contributed by atoms with E-state index >= 15 is 0 Å². The zero-order valence-electron chi connectivity index (χ0n) is 10.7. The van der Waals surface area contributed by atoms with Crippen LogP contribution in [0.25, 0.3) is 0 Å². The molecule has 0 saturated carbocycles. The number of rotatable bonds is 9. The number of hydrogen-bond acceptors (Lipinski definition) is 2. The molecule has 0 aliphatic carbocycles. The molecule has 0 atom stereocenters. The minimum absolute atomic E-state index is 0.169. The van der Waals surface area contributed by atoms with E-state index in [0.29, 0.717) is 6.61 Å². The standard InChI is InChI=1S/C14H24O2/c1-3-4-5-6-7-8-9-10-11-12-13-16-14(2)15/h5-13H2,1-2H3. The van der Waals surface area contributed by atoms with Gasteiger partial charge in [0.25, 0.3) is 0 Å². The van der Waals surface area contributed by atoms with Gasteiger partial charge in [-0.05, 0) is 19.8 Å². The van der Waals surface area contributed by atoms with Gasteiger partial charge in [-0.25, -0.2) is 0 Å². The molecule has 0 amide bonds. The molecule has 0 aromatic carbocycles. The summed E-state index contributed by atoms with van der Waals surface area (Å²) in [4.78, 5) is 10.5. The van der Waals surface area contributed by atoms with E-state index in [1.54, 1.807) is 0 Å². The third kappa shape index (κ3) is 13.0. The summed E-state index contributed by atoms with van der Waals surface area (Å²) in [5.74, 6) is 5.82. The summed E-state index contributed by atoms with van der Waals surface area (Å²) in [6, 6.07) is 0. The fourth-order valence-corrected chi connectivity index (χ4v) is 1.54. The van der Waals surface area contributed by atoms with Crippen LogP contribution in [0.4, 0.5) is 0 Å². The van der Waals surface area contributed by atoms with Gasteiger partial charge in [0.05, 0.1) is 6.61 Å². The predicted octanol–water partition coefficient (Wildman–Crippen LogP) is 3.69. The molecule has 0 spiro atoms. The Labute approximate surface area is 99.8 Å². The molecule has 2 heteroatoms. The average Bonchev–Trinajstić information content (AvgIpc) is 2.25. The molecule has 0 aliphatic heterocycles. The van der Waals surface area contributed by atoms with E-state index in [4.69, 9.17) is 4.74 Å². The quantitative estimate of drug-likeness (QED) is 0.339. The molecule has 0 aromatic heterocycles. The van der Waals surface area contributed by atoms with E-state index in [-0.39, 0.29) is 5.97 Å². The van der Waals surface area contributed by atoms with Crippen LogP contribution < -0.4 is 0 Å². The third-order valence-electron chi connectivity index (χ3n) is 2.43. The first-order chi connectivity index (χ1) is 7.77. The molecule has 92 valence electrons. The average molecular weight is 224 g/mol. The van der Waals surface area contributed by atoms with Crippen molar-refractivity contribution in [1.29, 1.82) is 0 Å². The maximum atomic E-state index is 10.5. The van der Waals surface area contributed by atoms with Crippen LogP contribution in [-0.4, -0.2) is 12.6 Å². The van der Waals surface area contributed by atoms with Gasteiger partial charge in [-0.3, -0.25) is 4.79 Å². The molecule has 0 heterocycles. The SMILES string of the molecule is CC#CCCCCCCCCCOC(C)=O. The highest BCUT2D eigenvalue weighted by Crippen LogP contribution is 2.08. The van der Waals surface area contributed by atoms with Crippen LogP contribution in [-0.2, 0) is 9.53 Å². The summed E-state index contributed by atoms with van der Waals surface area (Å²) in [7, 11) is 0. The Morgan fingerprint density at radius 2 is 1.56 bits per heavy atom. The smallest absolute Gasteiger partial charge is 0.302 e. The van der Waals surface area contributed by atoms with Crippen LogP contribution in [0.15, 0.2) is 0 Å². The second-order valence-electron chi connectivity index (χ2n) is 3.99. The van der Waals surface area contributed by atoms with Gasteiger partial charge in [-0.2, -0.15) is 0 Å². The van der Waals surface area contributed by atoms with E-state index in [0.717, 1.165) is 12.8 Å². The van der Waals surface area contributed by atoms with E-state index in [2.05, 4.69) is 11.8 Å². The van der Waals surface area contributed by atoms with Crippen molar-refractivity contribution in [1.82, 2.24) is 0 Å². The van der Waals surface area contributed by atoms with Gasteiger partial charge in [-0.1, -0.05) is 32.1 Å². The van der Waals surface area contributed by atoms with Gasteiger partial charge in [0.15, 0.2) is 0 Å². The van der Waals surface area contributed by atoms with Crippen molar-refractivity contribution in [2.45, 2.75) is 65.2 Å². The number of carbonyl (C=O) groups is 1. The van der Waals surface area contributed by atoms with E-state index in [1.807, 2.05) is 6.92 Å².